The Morgan fingerprint density at radius 2 is 2.71 bits per heavy atom. The highest BCUT2D eigenvalue weighted by Crippen LogP contribution is 2.07. The summed E-state index contributed by atoms with van der Waals surface area (Å²) in [7, 11) is 0. The summed E-state index contributed by atoms with van der Waals surface area (Å²) >= 11 is 1.60. The van der Waals surface area contributed by atoms with Crippen molar-refractivity contribution in [2.75, 3.05) is 12.3 Å². The molecule has 0 spiro atoms. The topological polar surface area (TPSA) is 52.5 Å². The van der Waals surface area contributed by atoms with E-state index in [1.54, 1.807) is 11.8 Å². The molecular weight excluding hydrogens is 110 g/mol. The molecule has 0 atom stereocenters. The van der Waals surface area contributed by atoms with Crippen LogP contribution in [0, 0.1) is 0 Å². The largest absolute Gasteiger partial charge is 0.259 e. The number of thioether (sulfide) groups is 1. The molecule has 0 aromatic carbocycles. The number of nitrogens with two attached hydrogens (primary N) is 1. The van der Waals surface area contributed by atoms with E-state index >= 15 is 0 Å². The lowest BCUT2D eigenvalue weighted by Crippen LogP contribution is -2.16. The zero-order valence-electron chi connectivity index (χ0n) is 3.79. The molecule has 0 unspecified atom stereocenters. The van der Waals surface area contributed by atoms with Gasteiger partial charge in [-0.2, -0.15) is 5.43 Å². The van der Waals surface area contributed by atoms with Crippen molar-refractivity contribution in [2.45, 2.75) is 0 Å². The first-order valence-electron chi connectivity index (χ1n) is 2.01. The highest BCUT2D eigenvalue weighted by atomic mass is 32.2. The minimum absolute atomic E-state index is 0.736. The second kappa shape index (κ2) is 2.18. The number of amidine groups is 1. The number of nitrogens with zero attached hydrogens (tertiary/aromatic N) is 2. The average Bonchev–Trinajstić information content (AvgIpc) is 2.14. The number of hydrogen-bond acceptors (Lipinski definition) is 3. The van der Waals surface area contributed by atoms with Crippen LogP contribution in [0.5, 0.6) is 0 Å². The molecule has 1 heterocycles. The van der Waals surface area contributed by atoms with Crippen molar-refractivity contribution >= 4 is 16.9 Å². The van der Waals surface area contributed by atoms with Crippen LogP contribution in [0.15, 0.2) is 4.99 Å². The molecule has 3 nitrogen and oxygen atoms in total. The summed E-state index contributed by atoms with van der Waals surface area (Å²) in [5.74, 6) is 5.94. The van der Waals surface area contributed by atoms with Crippen molar-refractivity contribution in [3.63, 3.8) is 0 Å². The third kappa shape index (κ3) is 1.07. The lowest BCUT2D eigenvalue weighted by Gasteiger charge is -1.86. The summed E-state index contributed by atoms with van der Waals surface area (Å²) in [6.07, 6.45) is 0. The first-order chi connectivity index (χ1) is 3.43. The molecule has 0 saturated carbocycles. The van der Waals surface area contributed by atoms with Crippen LogP contribution in [0.2, 0.25) is 0 Å². The molecule has 7 heavy (non-hydrogen) atoms. The predicted octanol–water partition coefficient (Wildman–Crippen LogP) is -0.433. The fourth-order valence-electron chi connectivity index (χ4n) is 0.402. The van der Waals surface area contributed by atoms with Gasteiger partial charge in [-0.05, 0) is 0 Å². The SMILES string of the molecule is N[N]C1=NCCS1. The molecule has 0 amide bonds. The van der Waals surface area contributed by atoms with Gasteiger partial charge in [0, 0.05) is 5.75 Å². The number of hydrogen-bond donors (Lipinski definition) is 1. The third-order valence-corrected chi connectivity index (χ3v) is 1.56. The standard InChI is InChI=1S/C3H6N3S/c4-6-3-5-1-2-7-3/h1-2,4H2. The Balaban J connectivity index is 2.36. The minimum atomic E-state index is 0.736. The molecule has 0 aliphatic carbocycles. The molecule has 1 aliphatic heterocycles. The van der Waals surface area contributed by atoms with Crippen molar-refractivity contribution in [2.24, 2.45) is 10.8 Å². The van der Waals surface area contributed by atoms with Crippen LogP contribution in [-0.4, -0.2) is 17.5 Å². The average molecular weight is 116 g/mol. The summed E-state index contributed by atoms with van der Waals surface area (Å²) in [6.45, 7) is 0.876. The smallest absolute Gasteiger partial charge is 0.195 e. The van der Waals surface area contributed by atoms with E-state index in [1.165, 1.54) is 0 Å². The van der Waals surface area contributed by atoms with Crippen LogP contribution < -0.4 is 11.3 Å². The Hall–Kier alpha value is -0.220. The quantitative estimate of drug-likeness (QED) is 0.345. The predicted molar refractivity (Wildman–Crippen MR) is 31.1 cm³/mol. The second-order valence-electron chi connectivity index (χ2n) is 1.14. The zero-order chi connectivity index (χ0) is 5.11. The Kier molecular flexibility index (Phi) is 1.54. The van der Waals surface area contributed by atoms with E-state index in [9.17, 15) is 0 Å². The fraction of sp³-hybridized carbons (Fsp3) is 0.667. The summed E-state index contributed by atoms with van der Waals surface area (Å²) in [6, 6.07) is 0. The summed E-state index contributed by atoms with van der Waals surface area (Å²) in [5.41, 5.74) is 3.40. The number of rotatable bonds is 0. The Morgan fingerprint density at radius 3 is 3.00 bits per heavy atom. The van der Waals surface area contributed by atoms with Gasteiger partial charge in [-0.15, -0.1) is 0 Å². The van der Waals surface area contributed by atoms with Crippen molar-refractivity contribution in [3.8, 4) is 0 Å². The van der Waals surface area contributed by atoms with E-state index in [4.69, 9.17) is 5.84 Å². The van der Waals surface area contributed by atoms with Crippen LogP contribution in [0.3, 0.4) is 0 Å². The van der Waals surface area contributed by atoms with Gasteiger partial charge in [-0.3, -0.25) is 4.99 Å². The van der Waals surface area contributed by atoms with Gasteiger partial charge in [-0.25, -0.2) is 5.84 Å². The second-order valence-corrected chi connectivity index (χ2v) is 2.20. The van der Waals surface area contributed by atoms with E-state index in [0.717, 1.165) is 17.5 Å². The maximum absolute atomic E-state index is 4.91. The van der Waals surface area contributed by atoms with E-state index < -0.39 is 0 Å². The van der Waals surface area contributed by atoms with Crippen LogP contribution in [0.1, 0.15) is 0 Å². The van der Waals surface area contributed by atoms with Crippen LogP contribution >= 0.6 is 11.8 Å². The van der Waals surface area contributed by atoms with Gasteiger partial charge in [0.25, 0.3) is 0 Å². The van der Waals surface area contributed by atoms with Gasteiger partial charge in [0.05, 0.1) is 6.54 Å². The van der Waals surface area contributed by atoms with Crippen molar-refractivity contribution in [1.29, 1.82) is 0 Å². The summed E-state index contributed by atoms with van der Waals surface area (Å²) in [4.78, 5) is 3.94. The molecule has 0 saturated heterocycles. The van der Waals surface area contributed by atoms with Gasteiger partial charge >= 0.3 is 0 Å². The van der Waals surface area contributed by atoms with Crippen LogP contribution in [0.25, 0.3) is 0 Å². The first kappa shape index (κ1) is 4.93. The normalized spacial score (nSPS) is 19.3. The molecule has 2 N–H and O–H groups in total. The van der Waals surface area contributed by atoms with E-state index in [2.05, 4.69) is 10.4 Å². The molecule has 1 radical (unpaired) electrons. The van der Waals surface area contributed by atoms with E-state index in [-0.39, 0.29) is 0 Å². The van der Waals surface area contributed by atoms with Gasteiger partial charge in [-0.1, -0.05) is 11.8 Å². The van der Waals surface area contributed by atoms with Crippen molar-refractivity contribution in [1.82, 2.24) is 5.43 Å². The molecule has 39 valence electrons. The molecular formula is C3H6N3S. The Bertz CT molecular complexity index is 90.2. The maximum atomic E-state index is 4.91. The van der Waals surface area contributed by atoms with Gasteiger partial charge in [0.2, 0.25) is 0 Å². The van der Waals surface area contributed by atoms with Crippen LogP contribution in [-0.2, 0) is 0 Å². The summed E-state index contributed by atoms with van der Waals surface area (Å²) < 4.78 is 0. The minimum Gasteiger partial charge on any atom is -0.259 e. The van der Waals surface area contributed by atoms with Crippen molar-refractivity contribution in [3.05, 3.63) is 0 Å². The van der Waals surface area contributed by atoms with Crippen molar-refractivity contribution < 1.29 is 0 Å². The van der Waals surface area contributed by atoms with Gasteiger partial charge in [0.1, 0.15) is 0 Å². The molecule has 0 aromatic heterocycles. The first-order valence-corrected chi connectivity index (χ1v) is 3.00. The third-order valence-electron chi connectivity index (χ3n) is 0.680. The zero-order valence-corrected chi connectivity index (χ0v) is 4.61. The van der Waals surface area contributed by atoms with Crippen LogP contribution in [0.4, 0.5) is 0 Å². The van der Waals surface area contributed by atoms with E-state index in [1.807, 2.05) is 0 Å². The molecule has 1 rings (SSSR count). The molecule has 4 heteroatoms. The Labute approximate surface area is 46.3 Å². The Morgan fingerprint density at radius 1 is 1.86 bits per heavy atom. The molecule has 0 fully saturated rings. The highest BCUT2D eigenvalue weighted by molar-refractivity contribution is 8.14. The van der Waals surface area contributed by atoms with Gasteiger partial charge < -0.3 is 0 Å². The summed E-state index contributed by atoms with van der Waals surface area (Å²) in [5, 5.41) is 0.736. The monoisotopic (exact) mass is 116 g/mol. The highest BCUT2D eigenvalue weighted by Gasteiger charge is 2.03. The number of aliphatic imine (C=N–C) groups is 1. The molecule has 0 aromatic rings. The van der Waals surface area contributed by atoms with E-state index in [0.29, 0.717) is 0 Å². The maximum Gasteiger partial charge on any atom is 0.195 e. The lowest BCUT2D eigenvalue weighted by molar-refractivity contribution is 1.01. The molecule has 1 aliphatic rings. The van der Waals surface area contributed by atoms with Gasteiger partial charge in [0.15, 0.2) is 5.17 Å². The fourth-order valence-corrected chi connectivity index (χ4v) is 1.02. The lowest BCUT2D eigenvalue weighted by atomic mass is 10.8. The molecule has 0 bridgehead atoms.